The standard InChI is InChI=1S/C17H19ClN2O3S2/c1-4-9-20(12-13-6-5-10-24-13)17(21)15-11-14(7-8-16(15)18)25(22,23)19(2)3/h4-8,10-11H,1,9,12H2,2-3H3. The average Bonchev–Trinajstić information content (AvgIpc) is 3.07. The number of carbonyl (C=O) groups is 1. The van der Waals surface area contributed by atoms with E-state index in [-0.39, 0.29) is 21.4 Å². The van der Waals surface area contributed by atoms with Crippen LogP contribution in [0.3, 0.4) is 0 Å². The molecular formula is C17H19ClN2O3S2. The molecule has 0 spiro atoms. The lowest BCUT2D eigenvalue weighted by Gasteiger charge is -2.22. The molecule has 0 aliphatic carbocycles. The lowest BCUT2D eigenvalue weighted by molar-refractivity contribution is 0.0764. The Bertz CT molecular complexity index is 862. The Morgan fingerprint density at radius 1 is 1.32 bits per heavy atom. The van der Waals surface area contributed by atoms with Crippen LogP contribution in [0.4, 0.5) is 0 Å². The number of carbonyl (C=O) groups excluding carboxylic acids is 1. The summed E-state index contributed by atoms with van der Waals surface area (Å²) in [6.07, 6.45) is 1.62. The summed E-state index contributed by atoms with van der Waals surface area (Å²) in [6, 6.07) is 7.99. The molecule has 2 aromatic rings. The molecule has 0 bridgehead atoms. The van der Waals surface area contributed by atoms with E-state index in [1.165, 1.54) is 32.3 Å². The summed E-state index contributed by atoms with van der Waals surface area (Å²) in [5, 5.41) is 2.14. The summed E-state index contributed by atoms with van der Waals surface area (Å²) in [4.78, 5) is 15.5. The Kier molecular flexibility index (Phi) is 6.40. The van der Waals surface area contributed by atoms with Crippen molar-refractivity contribution in [1.82, 2.24) is 9.21 Å². The molecule has 0 saturated carbocycles. The number of amides is 1. The molecule has 8 heteroatoms. The number of benzene rings is 1. The molecular weight excluding hydrogens is 380 g/mol. The Morgan fingerprint density at radius 3 is 2.60 bits per heavy atom. The SMILES string of the molecule is C=CCN(Cc1cccs1)C(=O)c1cc(S(=O)(=O)N(C)C)ccc1Cl. The number of hydrogen-bond donors (Lipinski definition) is 0. The number of rotatable bonds is 7. The van der Waals surface area contributed by atoms with Crippen LogP contribution in [0.25, 0.3) is 0 Å². The minimum atomic E-state index is -3.65. The van der Waals surface area contributed by atoms with E-state index in [9.17, 15) is 13.2 Å². The maximum atomic E-state index is 12.9. The first-order valence-corrected chi connectivity index (χ1v) is 10.1. The molecule has 1 aromatic heterocycles. The monoisotopic (exact) mass is 398 g/mol. The van der Waals surface area contributed by atoms with Crippen molar-refractivity contribution >= 4 is 38.9 Å². The van der Waals surface area contributed by atoms with E-state index in [0.29, 0.717) is 13.1 Å². The predicted molar refractivity (Wildman–Crippen MR) is 102 cm³/mol. The second kappa shape index (κ2) is 8.14. The van der Waals surface area contributed by atoms with Crippen LogP contribution in [0.5, 0.6) is 0 Å². The van der Waals surface area contributed by atoms with E-state index < -0.39 is 10.0 Å². The van der Waals surface area contributed by atoms with Gasteiger partial charge in [-0.15, -0.1) is 17.9 Å². The van der Waals surface area contributed by atoms with Crippen molar-refractivity contribution in [3.8, 4) is 0 Å². The first-order chi connectivity index (χ1) is 11.8. The van der Waals surface area contributed by atoms with Crippen LogP contribution in [0.1, 0.15) is 15.2 Å². The number of thiophene rings is 1. The summed E-state index contributed by atoms with van der Waals surface area (Å²) in [5.74, 6) is -0.339. The molecule has 134 valence electrons. The zero-order chi connectivity index (χ0) is 18.6. The maximum absolute atomic E-state index is 12.9. The van der Waals surface area contributed by atoms with Crippen molar-refractivity contribution in [3.63, 3.8) is 0 Å². The van der Waals surface area contributed by atoms with Gasteiger partial charge in [-0.05, 0) is 29.6 Å². The van der Waals surface area contributed by atoms with Crippen LogP contribution in [0.15, 0.2) is 53.3 Å². The van der Waals surface area contributed by atoms with Crippen molar-refractivity contribution < 1.29 is 13.2 Å². The van der Waals surface area contributed by atoms with Crippen LogP contribution in [0, 0.1) is 0 Å². The van der Waals surface area contributed by atoms with Crippen LogP contribution in [0.2, 0.25) is 5.02 Å². The van der Waals surface area contributed by atoms with Crippen molar-refractivity contribution in [2.24, 2.45) is 0 Å². The topological polar surface area (TPSA) is 57.7 Å². The summed E-state index contributed by atoms with van der Waals surface area (Å²) < 4.78 is 25.7. The molecule has 1 aromatic carbocycles. The highest BCUT2D eigenvalue weighted by Gasteiger charge is 2.23. The molecule has 0 saturated heterocycles. The van der Waals surface area contributed by atoms with E-state index >= 15 is 0 Å². The molecule has 0 aliphatic rings. The molecule has 1 amide bonds. The Morgan fingerprint density at radius 2 is 2.04 bits per heavy atom. The van der Waals surface area contributed by atoms with E-state index in [0.717, 1.165) is 9.18 Å². The molecule has 2 rings (SSSR count). The van der Waals surface area contributed by atoms with Gasteiger partial charge in [0, 0.05) is 25.5 Å². The fraction of sp³-hybridized carbons (Fsp3) is 0.235. The Balaban J connectivity index is 2.40. The molecule has 0 atom stereocenters. The van der Waals surface area contributed by atoms with Crippen LogP contribution in [-0.4, -0.2) is 44.2 Å². The van der Waals surface area contributed by atoms with E-state index in [1.54, 1.807) is 22.3 Å². The van der Waals surface area contributed by atoms with Crippen molar-refractivity contribution in [3.05, 3.63) is 63.8 Å². The Labute approximate surface area is 157 Å². The molecule has 0 radical (unpaired) electrons. The zero-order valence-electron chi connectivity index (χ0n) is 14.0. The van der Waals surface area contributed by atoms with Gasteiger partial charge in [0.15, 0.2) is 0 Å². The van der Waals surface area contributed by atoms with Crippen molar-refractivity contribution in [2.75, 3.05) is 20.6 Å². The number of halogens is 1. The van der Waals surface area contributed by atoms with Gasteiger partial charge in [0.1, 0.15) is 0 Å². The van der Waals surface area contributed by atoms with Gasteiger partial charge >= 0.3 is 0 Å². The molecule has 1 heterocycles. The van der Waals surface area contributed by atoms with Crippen molar-refractivity contribution in [1.29, 1.82) is 0 Å². The molecule has 5 nitrogen and oxygen atoms in total. The quantitative estimate of drug-likeness (QED) is 0.671. The van der Waals surface area contributed by atoms with Crippen molar-refractivity contribution in [2.45, 2.75) is 11.4 Å². The van der Waals surface area contributed by atoms with Gasteiger partial charge in [-0.1, -0.05) is 23.7 Å². The minimum absolute atomic E-state index is 0.0277. The van der Waals surface area contributed by atoms with Crippen LogP contribution >= 0.6 is 22.9 Å². The fourth-order valence-corrected chi connectivity index (χ4v) is 4.02. The number of nitrogens with zero attached hydrogens (tertiary/aromatic N) is 2. The van der Waals surface area contributed by atoms with Gasteiger partial charge in [0.25, 0.3) is 5.91 Å². The van der Waals surface area contributed by atoms with Gasteiger partial charge < -0.3 is 4.90 Å². The first-order valence-electron chi connectivity index (χ1n) is 7.42. The highest BCUT2D eigenvalue weighted by molar-refractivity contribution is 7.89. The zero-order valence-corrected chi connectivity index (χ0v) is 16.4. The first kappa shape index (κ1) is 19.7. The normalized spacial score (nSPS) is 11.5. The fourth-order valence-electron chi connectivity index (χ4n) is 2.18. The summed E-state index contributed by atoms with van der Waals surface area (Å²) in [6.45, 7) is 4.42. The molecule has 0 unspecified atom stereocenters. The maximum Gasteiger partial charge on any atom is 0.256 e. The van der Waals surface area contributed by atoms with E-state index in [1.807, 2.05) is 17.5 Å². The van der Waals surface area contributed by atoms with Gasteiger partial charge in [0.05, 0.1) is 22.0 Å². The third kappa shape index (κ3) is 4.49. The number of sulfonamides is 1. The molecule has 0 N–H and O–H groups in total. The predicted octanol–water partition coefficient (Wildman–Crippen LogP) is 3.48. The molecule has 0 fully saturated rings. The van der Waals surface area contributed by atoms with Crippen LogP contribution < -0.4 is 0 Å². The smallest absolute Gasteiger partial charge is 0.256 e. The highest BCUT2D eigenvalue weighted by atomic mass is 35.5. The summed E-state index contributed by atoms with van der Waals surface area (Å²) in [7, 11) is -0.778. The summed E-state index contributed by atoms with van der Waals surface area (Å²) in [5.41, 5.74) is 0.156. The van der Waals surface area contributed by atoms with E-state index in [2.05, 4.69) is 6.58 Å². The van der Waals surface area contributed by atoms with Gasteiger partial charge in [-0.3, -0.25) is 4.79 Å². The van der Waals surface area contributed by atoms with Gasteiger partial charge in [-0.2, -0.15) is 0 Å². The third-order valence-corrected chi connectivity index (χ3v) is 6.51. The lowest BCUT2D eigenvalue weighted by Crippen LogP contribution is -2.31. The lowest BCUT2D eigenvalue weighted by atomic mass is 10.2. The van der Waals surface area contributed by atoms with Crippen LogP contribution in [-0.2, 0) is 16.6 Å². The minimum Gasteiger partial charge on any atom is -0.330 e. The van der Waals surface area contributed by atoms with Gasteiger partial charge in [0.2, 0.25) is 10.0 Å². The average molecular weight is 399 g/mol. The molecule has 25 heavy (non-hydrogen) atoms. The largest absolute Gasteiger partial charge is 0.330 e. The Hall–Kier alpha value is -1.67. The van der Waals surface area contributed by atoms with Gasteiger partial charge in [-0.25, -0.2) is 12.7 Å². The number of hydrogen-bond acceptors (Lipinski definition) is 4. The highest BCUT2D eigenvalue weighted by Crippen LogP contribution is 2.24. The second-order valence-electron chi connectivity index (χ2n) is 5.48. The molecule has 0 aliphatic heterocycles. The second-order valence-corrected chi connectivity index (χ2v) is 9.07. The third-order valence-electron chi connectivity index (χ3n) is 3.51. The van der Waals surface area contributed by atoms with E-state index in [4.69, 9.17) is 11.6 Å². The summed E-state index contributed by atoms with van der Waals surface area (Å²) >= 11 is 7.71.